The molecule has 0 amide bonds. The molecule has 0 aliphatic carbocycles. The molecule has 1 fully saturated rings. The summed E-state index contributed by atoms with van der Waals surface area (Å²) in [5, 5.41) is 0. The van der Waals surface area contributed by atoms with Crippen molar-refractivity contribution in [2.45, 2.75) is 37.9 Å². The third-order valence-electron chi connectivity index (χ3n) is 4.64. The van der Waals surface area contributed by atoms with Crippen LogP contribution in [0, 0.1) is 0 Å². The van der Waals surface area contributed by atoms with E-state index in [0.717, 1.165) is 10.9 Å². The number of thiophene rings is 1. The monoisotopic (exact) mass is 315 g/mol. The number of nitrogens with zero attached hydrogens (tertiary/aromatic N) is 1. The van der Waals surface area contributed by atoms with Gasteiger partial charge in [-0.1, -0.05) is 48.0 Å². The predicted octanol–water partition coefficient (Wildman–Crippen LogP) is 5.22. The summed E-state index contributed by atoms with van der Waals surface area (Å²) in [6.45, 7) is 1.07. The Bertz CT molecular complexity index is 661. The van der Waals surface area contributed by atoms with Crippen molar-refractivity contribution in [1.29, 1.82) is 0 Å². The second-order valence-electron chi connectivity index (χ2n) is 5.96. The summed E-state index contributed by atoms with van der Waals surface area (Å²) in [4.78, 5) is 4.03. The van der Waals surface area contributed by atoms with Crippen LogP contribution in [0.2, 0.25) is 4.34 Å². The van der Waals surface area contributed by atoms with Crippen molar-refractivity contribution in [2.24, 2.45) is 0 Å². The van der Waals surface area contributed by atoms with E-state index in [-0.39, 0.29) is 0 Å². The van der Waals surface area contributed by atoms with Crippen molar-refractivity contribution < 1.29 is 0 Å². The average molecular weight is 316 g/mol. The SMILES string of the molecule is Clc1ccc(C2=CC3CCC(C2)N3Cc2ccccc2)s1. The molecule has 1 saturated heterocycles. The molecule has 1 aromatic heterocycles. The van der Waals surface area contributed by atoms with E-state index in [1.54, 1.807) is 11.3 Å². The summed E-state index contributed by atoms with van der Waals surface area (Å²) in [5.74, 6) is 0. The molecule has 1 nitrogen and oxygen atoms in total. The number of rotatable bonds is 3. The smallest absolute Gasteiger partial charge is 0.0934 e. The van der Waals surface area contributed by atoms with Crippen LogP contribution in [0.5, 0.6) is 0 Å². The Morgan fingerprint density at radius 1 is 1.10 bits per heavy atom. The minimum Gasteiger partial charge on any atom is -0.289 e. The number of benzene rings is 1. The second kappa shape index (κ2) is 5.60. The van der Waals surface area contributed by atoms with Crippen molar-refractivity contribution in [3.05, 3.63) is 63.3 Å². The maximum absolute atomic E-state index is 6.08. The molecule has 21 heavy (non-hydrogen) atoms. The maximum atomic E-state index is 6.08. The molecule has 3 heterocycles. The van der Waals surface area contributed by atoms with Crippen molar-refractivity contribution in [1.82, 2.24) is 4.90 Å². The van der Waals surface area contributed by atoms with E-state index in [1.165, 1.54) is 35.3 Å². The van der Waals surface area contributed by atoms with Crippen LogP contribution < -0.4 is 0 Å². The molecule has 0 N–H and O–H groups in total. The van der Waals surface area contributed by atoms with Gasteiger partial charge in [0.05, 0.1) is 4.34 Å². The second-order valence-corrected chi connectivity index (χ2v) is 7.67. The first-order valence-corrected chi connectivity index (χ1v) is 8.75. The lowest BCUT2D eigenvalue weighted by Gasteiger charge is -2.33. The number of fused-ring (bicyclic) bond motifs is 2. The fourth-order valence-electron chi connectivity index (χ4n) is 3.63. The van der Waals surface area contributed by atoms with E-state index < -0.39 is 0 Å². The summed E-state index contributed by atoms with van der Waals surface area (Å²) in [7, 11) is 0. The molecular weight excluding hydrogens is 298 g/mol. The highest BCUT2D eigenvalue weighted by Crippen LogP contribution is 2.41. The van der Waals surface area contributed by atoms with Crippen LogP contribution in [0.15, 0.2) is 48.5 Å². The van der Waals surface area contributed by atoms with Crippen molar-refractivity contribution >= 4 is 28.5 Å². The lowest BCUT2D eigenvalue weighted by Crippen LogP contribution is -2.37. The molecule has 2 aromatic rings. The Morgan fingerprint density at radius 3 is 2.67 bits per heavy atom. The van der Waals surface area contributed by atoms with E-state index in [9.17, 15) is 0 Å². The van der Waals surface area contributed by atoms with Crippen LogP contribution in [0.4, 0.5) is 0 Å². The molecule has 2 unspecified atom stereocenters. The topological polar surface area (TPSA) is 3.24 Å². The Labute approximate surface area is 134 Å². The third-order valence-corrected chi connectivity index (χ3v) is 5.94. The van der Waals surface area contributed by atoms with Crippen LogP contribution in [0.25, 0.3) is 5.57 Å². The predicted molar refractivity (Wildman–Crippen MR) is 90.7 cm³/mol. The fourth-order valence-corrected chi connectivity index (χ4v) is 4.71. The van der Waals surface area contributed by atoms with Gasteiger partial charge in [0.15, 0.2) is 0 Å². The highest BCUT2D eigenvalue weighted by atomic mass is 35.5. The minimum absolute atomic E-state index is 0.597. The molecular formula is C18H18ClNS. The van der Waals surface area contributed by atoms with Gasteiger partial charge in [0.25, 0.3) is 0 Å². The zero-order valence-corrected chi connectivity index (χ0v) is 13.4. The van der Waals surface area contributed by atoms with Gasteiger partial charge >= 0.3 is 0 Å². The Hall–Kier alpha value is -1.09. The van der Waals surface area contributed by atoms with Gasteiger partial charge in [-0.2, -0.15) is 0 Å². The number of halogens is 1. The van der Waals surface area contributed by atoms with Crippen LogP contribution in [-0.4, -0.2) is 17.0 Å². The first-order valence-electron chi connectivity index (χ1n) is 7.56. The molecule has 2 atom stereocenters. The lowest BCUT2D eigenvalue weighted by molar-refractivity contribution is 0.203. The average Bonchev–Trinajstić information content (AvgIpc) is 3.01. The first kappa shape index (κ1) is 13.6. The van der Waals surface area contributed by atoms with Crippen LogP contribution in [0.1, 0.15) is 29.7 Å². The number of hydrogen-bond acceptors (Lipinski definition) is 2. The normalized spacial score (nSPS) is 25.1. The molecule has 0 radical (unpaired) electrons. The molecule has 2 bridgehead atoms. The van der Waals surface area contributed by atoms with Gasteiger partial charge in [0.2, 0.25) is 0 Å². The van der Waals surface area contributed by atoms with E-state index in [0.29, 0.717) is 12.1 Å². The van der Waals surface area contributed by atoms with Gasteiger partial charge in [-0.3, -0.25) is 4.90 Å². The summed E-state index contributed by atoms with van der Waals surface area (Å²) < 4.78 is 0.893. The Kier molecular flexibility index (Phi) is 3.62. The summed E-state index contributed by atoms with van der Waals surface area (Å²) in [5.41, 5.74) is 2.93. The van der Waals surface area contributed by atoms with Crippen LogP contribution in [-0.2, 0) is 6.54 Å². The molecule has 1 aromatic carbocycles. The minimum atomic E-state index is 0.597. The van der Waals surface area contributed by atoms with Crippen molar-refractivity contribution in [3.8, 4) is 0 Å². The lowest BCUT2D eigenvalue weighted by atomic mass is 9.99. The molecule has 2 aliphatic heterocycles. The fraction of sp³-hybridized carbons (Fsp3) is 0.333. The zero-order valence-electron chi connectivity index (χ0n) is 11.8. The van der Waals surface area contributed by atoms with Gasteiger partial charge in [0.1, 0.15) is 0 Å². The van der Waals surface area contributed by atoms with Gasteiger partial charge in [0, 0.05) is 23.5 Å². The Morgan fingerprint density at radius 2 is 1.95 bits per heavy atom. The third kappa shape index (κ3) is 2.68. The largest absolute Gasteiger partial charge is 0.289 e. The molecule has 4 rings (SSSR count). The van der Waals surface area contributed by atoms with Crippen molar-refractivity contribution in [2.75, 3.05) is 0 Å². The molecule has 0 spiro atoms. The first-order chi connectivity index (χ1) is 10.3. The number of hydrogen-bond donors (Lipinski definition) is 0. The molecule has 2 aliphatic rings. The standard InChI is InChI=1S/C18H18ClNS/c19-18-9-8-17(21-18)14-10-15-6-7-16(11-14)20(15)12-13-4-2-1-3-5-13/h1-5,8-10,15-16H,6-7,11-12H2. The molecule has 108 valence electrons. The van der Waals surface area contributed by atoms with E-state index in [2.05, 4.69) is 47.4 Å². The summed E-state index contributed by atoms with van der Waals surface area (Å²) in [6, 6.07) is 16.3. The van der Waals surface area contributed by atoms with Gasteiger partial charge in [-0.25, -0.2) is 0 Å². The zero-order chi connectivity index (χ0) is 14.2. The highest BCUT2D eigenvalue weighted by molar-refractivity contribution is 7.17. The summed E-state index contributed by atoms with van der Waals surface area (Å²) >= 11 is 7.79. The highest BCUT2D eigenvalue weighted by Gasteiger charge is 2.36. The quantitative estimate of drug-likeness (QED) is 0.750. The maximum Gasteiger partial charge on any atom is 0.0934 e. The van der Waals surface area contributed by atoms with Gasteiger partial charge < -0.3 is 0 Å². The van der Waals surface area contributed by atoms with E-state index in [1.807, 2.05) is 6.07 Å². The van der Waals surface area contributed by atoms with Gasteiger partial charge in [-0.05, 0) is 42.5 Å². The van der Waals surface area contributed by atoms with Crippen LogP contribution in [0.3, 0.4) is 0 Å². The van der Waals surface area contributed by atoms with E-state index >= 15 is 0 Å². The summed E-state index contributed by atoms with van der Waals surface area (Å²) in [6.07, 6.45) is 6.26. The van der Waals surface area contributed by atoms with Crippen molar-refractivity contribution in [3.63, 3.8) is 0 Å². The molecule has 0 saturated carbocycles. The van der Waals surface area contributed by atoms with E-state index in [4.69, 9.17) is 11.6 Å². The Balaban J connectivity index is 1.56. The molecule has 3 heteroatoms. The van der Waals surface area contributed by atoms with Crippen LogP contribution >= 0.6 is 22.9 Å². The van der Waals surface area contributed by atoms with Gasteiger partial charge in [-0.15, -0.1) is 11.3 Å².